The zero-order valence-electron chi connectivity index (χ0n) is 10.4. The highest BCUT2D eigenvalue weighted by atomic mass is 15.0. The van der Waals surface area contributed by atoms with E-state index in [1.807, 2.05) is 12.1 Å². The molecule has 1 rings (SSSR count). The SMILES string of the molecule is CCCCCCC(C)Nc1ncccc1N. The van der Waals surface area contributed by atoms with Crippen molar-refractivity contribution in [1.82, 2.24) is 4.98 Å². The Morgan fingerprint density at radius 2 is 2.19 bits per heavy atom. The Morgan fingerprint density at radius 3 is 2.88 bits per heavy atom. The molecule has 3 nitrogen and oxygen atoms in total. The first-order valence-electron chi connectivity index (χ1n) is 6.21. The summed E-state index contributed by atoms with van der Waals surface area (Å²) in [6, 6.07) is 4.17. The number of nitrogen functional groups attached to an aromatic ring is 1. The van der Waals surface area contributed by atoms with E-state index in [1.54, 1.807) is 6.20 Å². The van der Waals surface area contributed by atoms with Crippen LogP contribution in [0.1, 0.15) is 46.0 Å². The molecule has 3 N–H and O–H groups in total. The van der Waals surface area contributed by atoms with E-state index in [4.69, 9.17) is 5.73 Å². The number of anilines is 2. The van der Waals surface area contributed by atoms with Crippen LogP contribution in [0, 0.1) is 0 Å². The smallest absolute Gasteiger partial charge is 0.149 e. The van der Waals surface area contributed by atoms with Crippen LogP contribution in [0.5, 0.6) is 0 Å². The lowest BCUT2D eigenvalue weighted by molar-refractivity contribution is 0.593. The Bertz CT molecular complexity index is 299. The van der Waals surface area contributed by atoms with Gasteiger partial charge in [0.2, 0.25) is 0 Å². The molecular weight excluding hydrogens is 198 g/mol. The van der Waals surface area contributed by atoms with Crippen molar-refractivity contribution in [2.75, 3.05) is 11.1 Å². The second-order valence-electron chi connectivity index (χ2n) is 4.34. The van der Waals surface area contributed by atoms with Gasteiger partial charge in [0.25, 0.3) is 0 Å². The normalized spacial score (nSPS) is 12.4. The van der Waals surface area contributed by atoms with Crippen LogP contribution in [-0.4, -0.2) is 11.0 Å². The molecule has 0 saturated carbocycles. The van der Waals surface area contributed by atoms with E-state index in [0.29, 0.717) is 6.04 Å². The first kappa shape index (κ1) is 12.8. The number of hydrogen-bond acceptors (Lipinski definition) is 3. The average molecular weight is 221 g/mol. The number of pyridine rings is 1. The highest BCUT2D eigenvalue weighted by Crippen LogP contribution is 2.16. The molecule has 1 atom stereocenters. The third-order valence-electron chi connectivity index (χ3n) is 2.71. The molecule has 0 radical (unpaired) electrons. The van der Waals surface area contributed by atoms with Crippen LogP contribution in [0.4, 0.5) is 11.5 Å². The summed E-state index contributed by atoms with van der Waals surface area (Å²) in [5, 5.41) is 3.35. The molecule has 0 aliphatic carbocycles. The largest absolute Gasteiger partial charge is 0.396 e. The van der Waals surface area contributed by atoms with E-state index in [0.717, 1.165) is 11.5 Å². The maximum Gasteiger partial charge on any atom is 0.149 e. The van der Waals surface area contributed by atoms with E-state index in [-0.39, 0.29) is 0 Å². The molecule has 16 heavy (non-hydrogen) atoms. The minimum absolute atomic E-state index is 0.439. The van der Waals surface area contributed by atoms with Crippen molar-refractivity contribution in [3.8, 4) is 0 Å². The van der Waals surface area contributed by atoms with Gasteiger partial charge in [0, 0.05) is 12.2 Å². The zero-order valence-corrected chi connectivity index (χ0v) is 10.4. The molecule has 0 fully saturated rings. The number of nitrogens with one attached hydrogen (secondary N) is 1. The summed E-state index contributed by atoms with van der Waals surface area (Å²) >= 11 is 0. The van der Waals surface area contributed by atoms with Gasteiger partial charge in [-0.25, -0.2) is 4.98 Å². The van der Waals surface area contributed by atoms with E-state index in [2.05, 4.69) is 24.1 Å². The topological polar surface area (TPSA) is 50.9 Å². The minimum atomic E-state index is 0.439. The van der Waals surface area contributed by atoms with Crippen LogP contribution in [0.25, 0.3) is 0 Å². The van der Waals surface area contributed by atoms with Gasteiger partial charge in [-0.15, -0.1) is 0 Å². The molecule has 1 heterocycles. The van der Waals surface area contributed by atoms with Gasteiger partial charge in [-0.05, 0) is 25.5 Å². The lowest BCUT2D eigenvalue weighted by Crippen LogP contribution is -2.16. The second-order valence-corrected chi connectivity index (χ2v) is 4.34. The standard InChI is InChI=1S/C13H23N3/c1-3-4-5-6-8-11(2)16-13-12(14)9-7-10-15-13/h7,9-11H,3-6,8,14H2,1-2H3,(H,15,16). The summed E-state index contributed by atoms with van der Waals surface area (Å²) in [6.07, 6.45) is 8.15. The predicted molar refractivity (Wildman–Crippen MR) is 70.5 cm³/mol. The van der Waals surface area contributed by atoms with Gasteiger partial charge >= 0.3 is 0 Å². The number of hydrogen-bond donors (Lipinski definition) is 2. The Balaban J connectivity index is 2.28. The summed E-state index contributed by atoms with van der Waals surface area (Å²) < 4.78 is 0. The second kappa shape index (κ2) is 7.09. The third-order valence-corrected chi connectivity index (χ3v) is 2.71. The number of nitrogens with zero attached hydrogens (tertiary/aromatic N) is 1. The third kappa shape index (κ3) is 4.51. The highest BCUT2D eigenvalue weighted by molar-refractivity contribution is 5.60. The van der Waals surface area contributed by atoms with Crippen molar-refractivity contribution in [1.29, 1.82) is 0 Å². The quantitative estimate of drug-likeness (QED) is 0.693. The lowest BCUT2D eigenvalue weighted by Gasteiger charge is -2.15. The molecule has 0 aliphatic heterocycles. The Morgan fingerprint density at radius 1 is 1.38 bits per heavy atom. The van der Waals surface area contributed by atoms with Crippen molar-refractivity contribution in [3.63, 3.8) is 0 Å². The fraction of sp³-hybridized carbons (Fsp3) is 0.615. The van der Waals surface area contributed by atoms with Crippen molar-refractivity contribution < 1.29 is 0 Å². The molecule has 0 saturated heterocycles. The Labute approximate surface area is 98.5 Å². The van der Waals surface area contributed by atoms with E-state index in [9.17, 15) is 0 Å². The number of aromatic nitrogens is 1. The van der Waals surface area contributed by atoms with Crippen molar-refractivity contribution in [3.05, 3.63) is 18.3 Å². The van der Waals surface area contributed by atoms with Gasteiger partial charge in [0.05, 0.1) is 5.69 Å². The molecule has 0 aliphatic rings. The summed E-state index contributed by atoms with van der Waals surface area (Å²) in [7, 11) is 0. The van der Waals surface area contributed by atoms with Crippen LogP contribution >= 0.6 is 0 Å². The van der Waals surface area contributed by atoms with Crippen LogP contribution in [0.2, 0.25) is 0 Å². The van der Waals surface area contributed by atoms with Crippen molar-refractivity contribution in [2.45, 2.75) is 52.0 Å². The summed E-state index contributed by atoms with van der Waals surface area (Å²) in [5.41, 5.74) is 6.55. The molecule has 1 aromatic heterocycles. The summed E-state index contributed by atoms with van der Waals surface area (Å²) in [6.45, 7) is 4.41. The fourth-order valence-electron chi connectivity index (χ4n) is 1.72. The summed E-state index contributed by atoms with van der Waals surface area (Å²) in [4.78, 5) is 4.23. The van der Waals surface area contributed by atoms with Crippen LogP contribution < -0.4 is 11.1 Å². The fourth-order valence-corrected chi connectivity index (χ4v) is 1.72. The maximum atomic E-state index is 5.82. The van der Waals surface area contributed by atoms with Gasteiger partial charge in [-0.1, -0.05) is 32.6 Å². The lowest BCUT2D eigenvalue weighted by atomic mass is 10.1. The zero-order chi connectivity index (χ0) is 11.8. The molecule has 1 unspecified atom stereocenters. The van der Waals surface area contributed by atoms with Crippen LogP contribution in [0.15, 0.2) is 18.3 Å². The number of nitrogens with two attached hydrogens (primary N) is 1. The molecule has 0 bridgehead atoms. The highest BCUT2D eigenvalue weighted by Gasteiger charge is 2.04. The van der Waals surface area contributed by atoms with Gasteiger partial charge in [-0.3, -0.25) is 0 Å². The maximum absolute atomic E-state index is 5.82. The van der Waals surface area contributed by atoms with Crippen LogP contribution in [0.3, 0.4) is 0 Å². The molecule has 3 heteroatoms. The van der Waals surface area contributed by atoms with E-state index >= 15 is 0 Å². The molecule has 0 amide bonds. The Hall–Kier alpha value is -1.25. The molecular formula is C13H23N3. The van der Waals surface area contributed by atoms with E-state index in [1.165, 1.54) is 32.1 Å². The van der Waals surface area contributed by atoms with E-state index < -0.39 is 0 Å². The Kier molecular flexibility index (Phi) is 5.68. The first-order valence-corrected chi connectivity index (χ1v) is 6.21. The van der Waals surface area contributed by atoms with Crippen molar-refractivity contribution in [2.24, 2.45) is 0 Å². The molecule has 1 aromatic rings. The van der Waals surface area contributed by atoms with Crippen molar-refractivity contribution >= 4 is 11.5 Å². The molecule has 90 valence electrons. The van der Waals surface area contributed by atoms with Gasteiger partial charge < -0.3 is 11.1 Å². The first-order chi connectivity index (χ1) is 7.74. The number of rotatable bonds is 7. The summed E-state index contributed by atoms with van der Waals surface area (Å²) in [5.74, 6) is 0.811. The van der Waals surface area contributed by atoms with Gasteiger partial charge in [-0.2, -0.15) is 0 Å². The molecule has 0 spiro atoms. The van der Waals surface area contributed by atoms with Crippen LogP contribution in [-0.2, 0) is 0 Å². The predicted octanol–water partition coefficient (Wildman–Crippen LogP) is 3.43. The molecule has 0 aromatic carbocycles. The van der Waals surface area contributed by atoms with Gasteiger partial charge in [0.1, 0.15) is 5.82 Å². The number of unbranched alkanes of at least 4 members (excludes halogenated alkanes) is 3. The van der Waals surface area contributed by atoms with Gasteiger partial charge in [0.15, 0.2) is 0 Å². The average Bonchev–Trinajstić information content (AvgIpc) is 2.28. The minimum Gasteiger partial charge on any atom is -0.396 e. The monoisotopic (exact) mass is 221 g/mol.